The highest BCUT2D eigenvalue weighted by atomic mass is 19.4. The Kier molecular flexibility index (Phi) is 7.58. The first kappa shape index (κ1) is 22.9. The number of benzene rings is 2. The van der Waals surface area contributed by atoms with E-state index in [0.29, 0.717) is 0 Å². The lowest BCUT2D eigenvalue weighted by Crippen LogP contribution is -2.56. The van der Waals surface area contributed by atoms with Crippen molar-refractivity contribution in [3.63, 3.8) is 0 Å². The van der Waals surface area contributed by atoms with Crippen LogP contribution in [0.3, 0.4) is 0 Å². The van der Waals surface area contributed by atoms with Gasteiger partial charge in [0.1, 0.15) is 6.61 Å². The van der Waals surface area contributed by atoms with Crippen LogP contribution in [0.2, 0.25) is 0 Å². The van der Waals surface area contributed by atoms with Crippen molar-refractivity contribution < 1.29 is 32.2 Å². The van der Waals surface area contributed by atoms with E-state index in [1.807, 2.05) is 6.07 Å². The van der Waals surface area contributed by atoms with Gasteiger partial charge in [-0.25, -0.2) is 0 Å². The number of alkyl halides is 3. The van der Waals surface area contributed by atoms with E-state index in [0.717, 1.165) is 18.7 Å². The summed E-state index contributed by atoms with van der Waals surface area (Å²) in [5.41, 5.74) is -2.74. The molecule has 30 heavy (non-hydrogen) atoms. The molecule has 0 heterocycles. The average Bonchev–Trinajstić information content (AvgIpc) is 2.74. The van der Waals surface area contributed by atoms with Crippen LogP contribution in [-0.2, 0) is 19.1 Å². The van der Waals surface area contributed by atoms with Gasteiger partial charge in [-0.15, -0.1) is 6.58 Å². The van der Waals surface area contributed by atoms with Crippen molar-refractivity contribution >= 4 is 18.0 Å². The van der Waals surface area contributed by atoms with Crippen molar-refractivity contribution in [2.24, 2.45) is 5.41 Å². The van der Waals surface area contributed by atoms with Crippen molar-refractivity contribution in [2.45, 2.75) is 12.1 Å². The van der Waals surface area contributed by atoms with Crippen LogP contribution in [0.15, 0.2) is 79.4 Å². The molecule has 2 aromatic carbocycles. The number of carbonyl (C=O) groups excluding carboxylic acids is 2. The SMILES string of the molecule is C=CC(c1ccccc1)C(C(=O)OC)(C(=O)OC/C=C/c1ccccc1)C(F)(F)F. The molecule has 4 nitrogen and oxygen atoms in total. The smallest absolute Gasteiger partial charge is 0.416 e. The molecule has 0 saturated heterocycles. The number of ether oxygens (including phenoxy) is 2. The van der Waals surface area contributed by atoms with E-state index in [1.165, 1.54) is 30.3 Å². The Morgan fingerprint density at radius 3 is 2.07 bits per heavy atom. The molecule has 2 unspecified atom stereocenters. The van der Waals surface area contributed by atoms with Crippen molar-refractivity contribution in [2.75, 3.05) is 13.7 Å². The van der Waals surface area contributed by atoms with Crippen LogP contribution in [0.4, 0.5) is 13.2 Å². The number of esters is 2. The van der Waals surface area contributed by atoms with Crippen molar-refractivity contribution in [3.8, 4) is 0 Å². The molecule has 0 spiro atoms. The molecule has 0 fully saturated rings. The molecule has 2 aromatic rings. The van der Waals surface area contributed by atoms with E-state index < -0.39 is 36.1 Å². The maximum atomic E-state index is 14.3. The van der Waals surface area contributed by atoms with Crippen molar-refractivity contribution in [1.82, 2.24) is 0 Å². The van der Waals surface area contributed by atoms with Gasteiger partial charge in [-0.05, 0) is 17.2 Å². The summed E-state index contributed by atoms with van der Waals surface area (Å²) in [4.78, 5) is 25.2. The summed E-state index contributed by atoms with van der Waals surface area (Å²) in [6.45, 7) is 2.97. The molecule has 2 atom stereocenters. The third-order valence-corrected chi connectivity index (χ3v) is 4.56. The Balaban J connectivity index is 2.41. The molecule has 0 saturated carbocycles. The van der Waals surface area contributed by atoms with Crippen LogP contribution in [0.1, 0.15) is 17.0 Å². The summed E-state index contributed by atoms with van der Waals surface area (Å²) in [5.74, 6) is -5.26. The highest BCUT2D eigenvalue weighted by molar-refractivity contribution is 6.02. The lowest BCUT2D eigenvalue weighted by atomic mass is 9.71. The summed E-state index contributed by atoms with van der Waals surface area (Å²) in [6.07, 6.45) is -1.42. The monoisotopic (exact) mass is 418 g/mol. The Labute approximate surface area is 172 Å². The van der Waals surface area contributed by atoms with Crippen LogP contribution >= 0.6 is 0 Å². The van der Waals surface area contributed by atoms with Gasteiger partial charge in [0, 0.05) is 5.92 Å². The summed E-state index contributed by atoms with van der Waals surface area (Å²) in [7, 11) is 0.788. The zero-order valence-corrected chi connectivity index (χ0v) is 16.3. The largest absolute Gasteiger partial charge is 0.468 e. The minimum absolute atomic E-state index is 0.0759. The molecule has 0 aliphatic carbocycles. The second-order valence-corrected chi connectivity index (χ2v) is 6.33. The van der Waals surface area contributed by atoms with E-state index in [9.17, 15) is 22.8 Å². The van der Waals surface area contributed by atoms with Gasteiger partial charge in [0.05, 0.1) is 7.11 Å². The Morgan fingerprint density at radius 1 is 1.00 bits per heavy atom. The zero-order valence-electron chi connectivity index (χ0n) is 16.3. The van der Waals surface area contributed by atoms with E-state index in [2.05, 4.69) is 11.3 Å². The predicted octanol–water partition coefficient (Wildman–Crippen LogP) is 4.93. The quantitative estimate of drug-likeness (QED) is 0.346. The Morgan fingerprint density at radius 2 is 1.57 bits per heavy atom. The van der Waals surface area contributed by atoms with E-state index in [-0.39, 0.29) is 5.56 Å². The number of hydrogen-bond acceptors (Lipinski definition) is 4. The van der Waals surface area contributed by atoms with Gasteiger partial charge < -0.3 is 9.47 Å². The van der Waals surface area contributed by atoms with Crippen LogP contribution in [0.25, 0.3) is 6.08 Å². The first-order chi connectivity index (χ1) is 14.3. The highest BCUT2D eigenvalue weighted by Crippen LogP contribution is 2.51. The minimum Gasteiger partial charge on any atom is -0.468 e. The molecule has 0 aromatic heterocycles. The third kappa shape index (κ3) is 4.62. The third-order valence-electron chi connectivity index (χ3n) is 4.56. The van der Waals surface area contributed by atoms with Gasteiger partial charge in [0.2, 0.25) is 0 Å². The van der Waals surface area contributed by atoms with E-state index in [4.69, 9.17) is 4.74 Å². The van der Waals surface area contributed by atoms with Crippen molar-refractivity contribution in [3.05, 3.63) is 90.5 Å². The molecule has 0 bridgehead atoms. The molecule has 0 aliphatic heterocycles. The topological polar surface area (TPSA) is 52.6 Å². The Bertz CT molecular complexity index is 892. The summed E-state index contributed by atoms with van der Waals surface area (Å²) < 4.78 is 52.2. The lowest BCUT2D eigenvalue weighted by molar-refractivity contribution is -0.242. The molecular formula is C23H21F3O4. The fourth-order valence-electron chi connectivity index (χ4n) is 3.12. The van der Waals surface area contributed by atoms with Gasteiger partial charge >= 0.3 is 18.1 Å². The van der Waals surface area contributed by atoms with Crippen LogP contribution in [0.5, 0.6) is 0 Å². The van der Waals surface area contributed by atoms with Crippen LogP contribution in [0, 0.1) is 5.41 Å². The molecule has 2 rings (SSSR count). The van der Waals surface area contributed by atoms with Crippen LogP contribution in [-0.4, -0.2) is 31.8 Å². The highest BCUT2D eigenvalue weighted by Gasteiger charge is 2.71. The fraction of sp³-hybridized carbons (Fsp3) is 0.217. The van der Waals surface area contributed by atoms with Gasteiger partial charge in [-0.2, -0.15) is 13.2 Å². The Hall–Kier alpha value is -3.35. The van der Waals surface area contributed by atoms with E-state index >= 15 is 0 Å². The molecule has 0 radical (unpaired) electrons. The van der Waals surface area contributed by atoms with Crippen molar-refractivity contribution in [1.29, 1.82) is 0 Å². The minimum atomic E-state index is -5.30. The lowest BCUT2D eigenvalue weighted by Gasteiger charge is -2.36. The number of allylic oxidation sites excluding steroid dienone is 1. The molecule has 7 heteroatoms. The standard InChI is InChI=1S/C23H21F3O4/c1-3-19(18-14-8-5-9-15-18)22(20(27)29-2,23(24,25)26)21(28)30-16-10-13-17-11-6-4-7-12-17/h3-15,19H,1,16H2,2H3/b13-10+. The maximum Gasteiger partial charge on any atom is 0.416 e. The molecular weight excluding hydrogens is 397 g/mol. The van der Waals surface area contributed by atoms with Gasteiger partial charge in [0.15, 0.2) is 0 Å². The number of rotatable bonds is 8. The number of hydrogen-bond donors (Lipinski definition) is 0. The maximum absolute atomic E-state index is 14.3. The fourth-order valence-corrected chi connectivity index (χ4v) is 3.12. The predicted molar refractivity (Wildman–Crippen MR) is 106 cm³/mol. The summed E-state index contributed by atoms with van der Waals surface area (Å²) in [5, 5.41) is 0. The second kappa shape index (κ2) is 9.91. The normalized spacial score (nSPS) is 14.5. The average molecular weight is 418 g/mol. The first-order valence-corrected chi connectivity index (χ1v) is 9.00. The first-order valence-electron chi connectivity index (χ1n) is 9.00. The molecule has 158 valence electrons. The number of carbonyl (C=O) groups is 2. The van der Waals surface area contributed by atoms with E-state index in [1.54, 1.807) is 36.4 Å². The van der Waals surface area contributed by atoms with Gasteiger partial charge in [0.25, 0.3) is 5.41 Å². The summed E-state index contributed by atoms with van der Waals surface area (Å²) >= 11 is 0. The van der Waals surface area contributed by atoms with Crippen LogP contribution < -0.4 is 0 Å². The number of halogens is 3. The molecule has 0 aliphatic rings. The van der Waals surface area contributed by atoms with Gasteiger partial charge in [-0.3, -0.25) is 9.59 Å². The summed E-state index contributed by atoms with van der Waals surface area (Å²) in [6, 6.07) is 16.3. The zero-order chi connectivity index (χ0) is 22.2. The number of methoxy groups -OCH3 is 1. The van der Waals surface area contributed by atoms with Gasteiger partial charge in [-0.1, -0.05) is 72.8 Å². The second-order valence-electron chi connectivity index (χ2n) is 6.33. The molecule has 0 amide bonds. The molecule has 0 N–H and O–H groups in total.